The molecule has 2 heteroatoms. The number of likely N-dealkylation sites (tertiary alicyclic amines) is 1. The van der Waals surface area contributed by atoms with Crippen molar-refractivity contribution in [3.63, 3.8) is 0 Å². The van der Waals surface area contributed by atoms with E-state index in [-0.39, 0.29) is 6.10 Å². The van der Waals surface area contributed by atoms with Gasteiger partial charge in [0.25, 0.3) is 0 Å². The number of rotatable bonds is 5. The molecule has 0 radical (unpaired) electrons. The van der Waals surface area contributed by atoms with Crippen LogP contribution in [0, 0.1) is 5.41 Å². The first-order valence-corrected chi connectivity index (χ1v) is 7.63. The third-order valence-corrected chi connectivity index (χ3v) is 5.05. The predicted molar refractivity (Wildman–Crippen MR) is 72.1 cm³/mol. The van der Waals surface area contributed by atoms with Crippen LogP contribution >= 0.6 is 0 Å². The van der Waals surface area contributed by atoms with Crippen molar-refractivity contribution in [1.29, 1.82) is 0 Å². The smallest absolute Gasteiger partial charge is 0.0695 e. The Morgan fingerprint density at radius 1 is 1.18 bits per heavy atom. The molecule has 2 atom stereocenters. The summed E-state index contributed by atoms with van der Waals surface area (Å²) in [4.78, 5) is 2.59. The highest BCUT2D eigenvalue weighted by Crippen LogP contribution is 2.46. The van der Waals surface area contributed by atoms with Crippen molar-refractivity contribution in [2.45, 2.75) is 77.4 Å². The summed E-state index contributed by atoms with van der Waals surface area (Å²) in [6.07, 6.45) is 10.2. The van der Waals surface area contributed by atoms with Crippen LogP contribution in [-0.2, 0) is 0 Å². The van der Waals surface area contributed by atoms with Crippen LogP contribution in [0.4, 0.5) is 0 Å². The molecule has 0 aromatic rings. The summed E-state index contributed by atoms with van der Waals surface area (Å²) in [5, 5.41) is 10.3. The van der Waals surface area contributed by atoms with Gasteiger partial charge in [0, 0.05) is 12.6 Å². The lowest BCUT2D eigenvalue weighted by Crippen LogP contribution is -2.42. The SMILES string of the molecule is CCCC(O)C(CC)N1CCC2(CCCC2)C1. The zero-order chi connectivity index (χ0) is 12.3. The Bertz CT molecular complexity index is 235. The molecule has 100 valence electrons. The van der Waals surface area contributed by atoms with Gasteiger partial charge in [-0.2, -0.15) is 0 Å². The minimum atomic E-state index is -0.110. The molecule has 2 aliphatic rings. The summed E-state index contributed by atoms with van der Waals surface area (Å²) in [6.45, 7) is 6.87. The lowest BCUT2D eigenvalue weighted by atomic mass is 9.85. The zero-order valence-corrected chi connectivity index (χ0v) is 11.6. The summed E-state index contributed by atoms with van der Waals surface area (Å²) < 4.78 is 0. The van der Waals surface area contributed by atoms with Gasteiger partial charge in [0.1, 0.15) is 0 Å². The van der Waals surface area contributed by atoms with Crippen LogP contribution in [0.5, 0.6) is 0 Å². The van der Waals surface area contributed by atoms with Crippen LogP contribution in [0.15, 0.2) is 0 Å². The molecule has 1 aliphatic carbocycles. The van der Waals surface area contributed by atoms with E-state index in [1.165, 1.54) is 45.2 Å². The Kier molecular flexibility index (Phi) is 4.48. The molecule has 1 spiro atoms. The number of hydrogen-bond donors (Lipinski definition) is 1. The Hall–Kier alpha value is -0.0800. The molecule has 2 unspecified atom stereocenters. The molecule has 1 saturated heterocycles. The average molecular weight is 239 g/mol. The standard InChI is InChI=1S/C15H29NO/c1-3-7-14(17)13(4-2)16-11-10-15(12-16)8-5-6-9-15/h13-14,17H,3-12H2,1-2H3. The molecule has 0 bridgehead atoms. The third kappa shape index (κ3) is 2.85. The second kappa shape index (κ2) is 5.71. The Labute approximate surface area is 106 Å². The van der Waals surface area contributed by atoms with Gasteiger partial charge in [-0.3, -0.25) is 4.90 Å². The monoisotopic (exact) mass is 239 g/mol. The predicted octanol–water partition coefficient (Wildman–Crippen LogP) is 3.19. The topological polar surface area (TPSA) is 23.5 Å². The number of aliphatic hydroxyl groups is 1. The van der Waals surface area contributed by atoms with Gasteiger partial charge in [-0.1, -0.05) is 33.1 Å². The van der Waals surface area contributed by atoms with Crippen LogP contribution in [-0.4, -0.2) is 35.2 Å². The van der Waals surface area contributed by atoms with E-state index in [9.17, 15) is 5.11 Å². The fraction of sp³-hybridized carbons (Fsp3) is 1.00. The van der Waals surface area contributed by atoms with Gasteiger partial charge >= 0.3 is 0 Å². The van der Waals surface area contributed by atoms with E-state index in [0.29, 0.717) is 11.5 Å². The van der Waals surface area contributed by atoms with Crippen LogP contribution in [0.25, 0.3) is 0 Å². The molecule has 1 N–H and O–H groups in total. The zero-order valence-electron chi connectivity index (χ0n) is 11.6. The van der Waals surface area contributed by atoms with E-state index in [1.54, 1.807) is 0 Å². The summed E-state index contributed by atoms with van der Waals surface area (Å²) in [7, 11) is 0. The Morgan fingerprint density at radius 3 is 2.47 bits per heavy atom. The van der Waals surface area contributed by atoms with Crippen molar-refractivity contribution in [2.24, 2.45) is 5.41 Å². The van der Waals surface area contributed by atoms with E-state index in [1.807, 2.05) is 0 Å². The van der Waals surface area contributed by atoms with E-state index in [2.05, 4.69) is 18.7 Å². The van der Waals surface area contributed by atoms with E-state index in [4.69, 9.17) is 0 Å². The summed E-state index contributed by atoms with van der Waals surface area (Å²) >= 11 is 0. The first-order valence-electron chi connectivity index (χ1n) is 7.63. The highest BCUT2D eigenvalue weighted by atomic mass is 16.3. The molecule has 2 fully saturated rings. The van der Waals surface area contributed by atoms with Crippen LogP contribution in [0.2, 0.25) is 0 Å². The minimum absolute atomic E-state index is 0.110. The van der Waals surface area contributed by atoms with Gasteiger partial charge in [-0.15, -0.1) is 0 Å². The third-order valence-electron chi connectivity index (χ3n) is 5.05. The summed E-state index contributed by atoms with van der Waals surface area (Å²) in [5.41, 5.74) is 0.638. The fourth-order valence-corrected chi connectivity index (χ4v) is 4.05. The molecule has 0 aromatic heterocycles. The molecule has 0 amide bonds. The molecular formula is C15H29NO. The van der Waals surface area contributed by atoms with Crippen molar-refractivity contribution in [3.05, 3.63) is 0 Å². The Balaban J connectivity index is 1.93. The molecule has 17 heavy (non-hydrogen) atoms. The van der Waals surface area contributed by atoms with Crippen molar-refractivity contribution in [1.82, 2.24) is 4.90 Å². The van der Waals surface area contributed by atoms with Gasteiger partial charge in [0.15, 0.2) is 0 Å². The quantitative estimate of drug-likeness (QED) is 0.796. The van der Waals surface area contributed by atoms with Gasteiger partial charge in [-0.25, -0.2) is 0 Å². The summed E-state index contributed by atoms with van der Waals surface area (Å²) in [5.74, 6) is 0. The number of aliphatic hydroxyl groups excluding tert-OH is 1. The normalized spacial score (nSPS) is 27.7. The maximum absolute atomic E-state index is 10.3. The van der Waals surface area contributed by atoms with Crippen molar-refractivity contribution >= 4 is 0 Å². The molecule has 1 aliphatic heterocycles. The number of nitrogens with zero attached hydrogens (tertiary/aromatic N) is 1. The molecule has 1 heterocycles. The minimum Gasteiger partial charge on any atom is -0.391 e. The highest BCUT2D eigenvalue weighted by molar-refractivity contribution is 4.96. The fourth-order valence-electron chi connectivity index (χ4n) is 4.05. The largest absolute Gasteiger partial charge is 0.391 e. The van der Waals surface area contributed by atoms with Crippen molar-refractivity contribution < 1.29 is 5.11 Å². The molecule has 2 nitrogen and oxygen atoms in total. The van der Waals surface area contributed by atoms with Crippen LogP contribution in [0.1, 0.15) is 65.2 Å². The van der Waals surface area contributed by atoms with Crippen LogP contribution < -0.4 is 0 Å². The molecular weight excluding hydrogens is 210 g/mol. The first kappa shape index (κ1) is 13.4. The second-order valence-electron chi connectivity index (χ2n) is 6.26. The number of hydrogen-bond acceptors (Lipinski definition) is 2. The van der Waals surface area contributed by atoms with Crippen molar-refractivity contribution in [2.75, 3.05) is 13.1 Å². The molecule has 0 aromatic carbocycles. The lowest BCUT2D eigenvalue weighted by molar-refractivity contribution is 0.0469. The van der Waals surface area contributed by atoms with Gasteiger partial charge in [-0.05, 0) is 44.1 Å². The second-order valence-corrected chi connectivity index (χ2v) is 6.26. The maximum atomic E-state index is 10.3. The lowest BCUT2D eigenvalue weighted by Gasteiger charge is -2.32. The Morgan fingerprint density at radius 2 is 1.88 bits per heavy atom. The molecule has 1 saturated carbocycles. The average Bonchev–Trinajstić information content (AvgIpc) is 2.92. The highest BCUT2D eigenvalue weighted by Gasteiger charge is 2.42. The van der Waals surface area contributed by atoms with Crippen molar-refractivity contribution in [3.8, 4) is 0 Å². The first-order chi connectivity index (χ1) is 8.21. The van der Waals surface area contributed by atoms with Gasteiger partial charge < -0.3 is 5.11 Å². The summed E-state index contributed by atoms with van der Waals surface area (Å²) in [6, 6.07) is 0.412. The molecule has 2 rings (SSSR count). The maximum Gasteiger partial charge on any atom is 0.0695 e. The van der Waals surface area contributed by atoms with E-state index < -0.39 is 0 Å². The van der Waals surface area contributed by atoms with E-state index >= 15 is 0 Å². The van der Waals surface area contributed by atoms with Gasteiger partial charge in [0.2, 0.25) is 0 Å². The van der Waals surface area contributed by atoms with Crippen LogP contribution in [0.3, 0.4) is 0 Å². The van der Waals surface area contributed by atoms with Gasteiger partial charge in [0.05, 0.1) is 6.10 Å². The van der Waals surface area contributed by atoms with E-state index in [0.717, 1.165) is 19.3 Å².